The molecular weight excluding hydrogens is 388 g/mol. The van der Waals surface area contributed by atoms with Gasteiger partial charge in [0.05, 0.1) is 10.4 Å². The second-order valence-electron chi connectivity index (χ2n) is 7.62. The van der Waals surface area contributed by atoms with Gasteiger partial charge in [-0.15, -0.1) is 0 Å². The SMILES string of the molecule is O=S1(=O)c2ccccc2[C@@]2(CCN(Cc3ccsc3)C2)N1Cc1ccccc1. The average Bonchev–Trinajstić information content (AvgIpc) is 3.41. The molecule has 1 saturated heterocycles. The van der Waals surface area contributed by atoms with Crippen molar-refractivity contribution >= 4 is 21.4 Å². The summed E-state index contributed by atoms with van der Waals surface area (Å²) in [7, 11) is -3.51. The number of nitrogens with zero attached hydrogens (tertiary/aromatic N) is 2. The van der Waals surface area contributed by atoms with Gasteiger partial charge in [-0.25, -0.2) is 8.42 Å². The lowest BCUT2D eigenvalue weighted by Gasteiger charge is -2.34. The Morgan fingerprint density at radius 2 is 1.71 bits per heavy atom. The van der Waals surface area contributed by atoms with E-state index in [2.05, 4.69) is 21.7 Å². The van der Waals surface area contributed by atoms with Crippen LogP contribution in [0.15, 0.2) is 76.3 Å². The maximum atomic E-state index is 13.5. The highest BCUT2D eigenvalue weighted by molar-refractivity contribution is 7.89. The molecule has 3 heterocycles. The number of hydrogen-bond acceptors (Lipinski definition) is 4. The Bertz CT molecular complexity index is 1080. The average molecular weight is 411 g/mol. The lowest BCUT2D eigenvalue weighted by Crippen LogP contribution is -2.45. The molecule has 1 atom stereocenters. The van der Waals surface area contributed by atoms with Crippen LogP contribution < -0.4 is 0 Å². The van der Waals surface area contributed by atoms with Crippen molar-refractivity contribution in [2.45, 2.75) is 29.9 Å². The third-order valence-corrected chi connectivity index (χ3v) is 8.62. The normalized spacial score (nSPS) is 24.0. The van der Waals surface area contributed by atoms with Gasteiger partial charge in [0.1, 0.15) is 0 Å². The molecule has 4 nitrogen and oxygen atoms in total. The zero-order valence-corrected chi connectivity index (χ0v) is 17.1. The molecule has 3 aromatic rings. The molecule has 6 heteroatoms. The van der Waals surface area contributed by atoms with Crippen molar-refractivity contribution in [2.75, 3.05) is 13.1 Å². The lowest BCUT2D eigenvalue weighted by atomic mass is 9.88. The molecule has 0 bridgehead atoms. The molecule has 0 aliphatic carbocycles. The van der Waals surface area contributed by atoms with E-state index in [1.54, 1.807) is 21.7 Å². The number of rotatable bonds is 4. The Labute approximate surface area is 170 Å². The molecule has 1 spiro atoms. The summed E-state index contributed by atoms with van der Waals surface area (Å²) < 4.78 is 28.7. The van der Waals surface area contributed by atoms with Crippen LogP contribution in [-0.4, -0.2) is 30.7 Å². The number of benzene rings is 2. The van der Waals surface area contributed by atoms with E-state index >= 15 is 0 Å². The van der Waals surface area contributed by atoms with Crippen molar-refractivity contribution in [1.29, 1.82) is 0 Å². The number of likely N-dealkylation sites (tertiary alicyclic amines) is 1. The van der Waals surface area contributed by atoms with Gasteiger partial charge >= 0.3 is 0 Å². The molecule has 0 amide bonds. The molecule has 0 saturated carbocycles. The van der Waals surface area contributed by atoms with E-state index in [0.29, 0.717) is 11.4 Å². The fraction of sp³-hybridized carbons (Fsp3) is 0.273. The van der Waals surface area contributed by atoms with Crippen LogP contribution in [0.25, 0.3) is 0 Å². The first-order valence-electron chi connectivity index (χ1n) is 9.49. The summed E-state index contributed by atoms with van der Waals surface area (Å²) in [6.45, 7) is 2.90. The summed E-state index contributed by atoms with van der Waals surface area (Å²) in [5.41, 5.74) is 2.79. The van der Waals surface area contributed by atoms with Crippen LogP contribution in [-0.2, 0) is 28.7 Å². The number of sulfonamides is 1. The third kappa shape index (κ3) is 2.83. The van der Waals surface area contributed by atoms with Crippen LogP contribution in [0.5, 0.6) is 0 Å². The zero-order chi connectivity index (χ0) is 19.2. The van der Waals surface area contributed by atoms with Crippen molar-refractivity contribution < 1.29 is 8.42 Å². The van der Waals surface area contributed by atoms with Crippen molar-refractivity contribution in [2.24, 2.45) is 0 Å². The highest BCUT2D eigenvalue weighted by Crippen LogP contribution is 2.50. The minimum Gasteiger partial charge on any atom is -0.297 e. The molecule has 2 aromatic carbocycles. The van der Waals surface area contributed by atoms with Crippen LogP contribution >= 0.6 is 11.3 Å². The van der Waals surface area contributed by atoms with E-state index in [0.717, 1.165) is 37.2 Å². The molecule has 28 heavy (non-hydrogen) atoms. The van der Waals surface area contributed by atoms with Gasteiger partial charge in [0.2, 0.25) is 10.0 Å². The first-order valence-corrected chi connectivity index (χ1v) is 11.9. The highest BCUT2D eigenvalue weighted by Gasteiger charge is 2.56. The molecule has 5 rings (SSSR count). The van der Waals surface area contributed by atoms with Gasteiger partial charge in [-0.1, -0.05) is 48.5 Å². The maximum Gasteiger partial charge on any atom is 0.244 e. The van der Waals surface area contributed by atoms with Crippen LogP contribution in [0.2, 0.25) is 0 Å². The topological polar surface area (TPSA) is 40.6 Å². The highest BCUT2D eigenvalue weighted by atomic mass is 32.2. The van der Waals surface area contributed by atoms with Gasteiger partial charge in [-0.3, -0.25) is 4.90 Å². The Morgan fingerprint density at radius 1 is 0.929 bits per heavy atom. The van der Waals surface area contributed by atoms with Crippen LogP contribution in [0.1, 0.15) is 23.1 Å². The van der Waals surface area contributed by atoms with Crippen molar-refractivity contribution in [3.8, 4) is 0 Å². The second kappa shape index (κ2) is 6.81. The monoisotopic (exact) mass is 410 g/mol. The Hall–Kier alpha value is -1.99. The van der Waals surface area contributed by atoms with E-state index < -0.39 is 15.6 Å². The fourth-order valence-corrected chi connectivity index (χ4v) is 7.33. The maximum absolute atomic E-state index is 13.5. The smallest absolute Gasteiger partial charge is 0.244 e. The van der Waals surface area contributed by atoms with Gasteiger partial charge < -0.3 is 0 Å². The predicted octanol–water partition coefficient (Wildman–Crippen LogP) is 4.05. The zero-order valence-electron chi connectivity index (χ0n) is 15.5. The van der Waals surface area contributed by atoms with E-state index in [-0.39, 0.29) is 0 Å². The van der Waals surface area contributed by atoms with E-state index in [1.807, 2.05) is 48.5 Å². The molecule has 0 unspecified atom stereocenters. The lowest BCUT2D eigenvalue weighted by molar-refractivity contribution is 0.184. The summed E-state index contributed by atoms with van der Waals surface area (Å²) in [6.07, 6.45) is 0.820. The van der Waals surface area contributed by atoms with Gasteiger partial charge in [0, 0.05) is 26.2 Å². The molecule has 144 valence electrons. The van der Waals surface area contributed by atoms with Crippen LogP contribution in [0.4, 0.5) is 0 Å². The van der Waals surface area contributed by atoms with Gasteiger partial charge in [-0.05, 0) is 46.0 Å². The Balaban J connectivity index is 1.55. The summed E-state index contributed by atoms with van der Waals surface area (Å²) >= 11 is 1.70. The molecule has 2 aliphatic rings. The standard InChI is InChI=1S/C22H22N2O2S2/c25-28(26)21-9-5-4-8-20(21)22(24(28)15-18-6-2-1-3-7-18)11-12-23(17-22)14-19-10-13-27-16-19/h1-10,13,16H,11-12,14-15,17H2/t22-/m0/s1. The Morgan fingerprint density at radius 3 is 2.50 bits per heavy atom. The molecule has 1 aromatic heterocycles. The van der Waals surface area contributed by atoms with Crippen LogP contribution in [0, 0.1) is 0 Å². The quantitative estimate of drug-likeness (QED) is 0.651. The minimum atomic E-state index is -3.51. The molecule has 0 N–H and O–H groups in total. The Kier molecular flexibility index (Phi) is 4.39. The molecule has 2 aliphatic heterocycles. The number of fused-ring (bicyclic) bond motifs is 2. The van der Waals surface area contributed by atoms with Gasteiger partial charge in [-0.2, -0.15) is 15.6 Å². The summed E-state index contributed by atoms with van der Waals surface area (Å²) in [6, 6.07) is 19.6. The van der Waals surface area contributed by atoms with Gasteiger partial charge in [0.15, 0.2) is 0 Å². The summed E-state index contributed by atoms with van der Waals surface area (Å²) in [4.78, 5) is 2.86. The van der Waals surface area contributed by atoms with Crippen molar-refractivity contribution in [1.82, 2.24) is 9.21 Å². The minimum absolute atomic E-state index is 0.407. The molecular formula is C22H22N2O2S2. The predicted molar refractivity (Wildman–Crippen MR) is 112 cm³/mol. The fourth-order valence-electron chi connectivity index (χ4n) is 4.61. The third-order valence-electron chi connectivity index (χ3n) is 5.92. The van der Waals surface area contributed by atoms with Crippen LogP contribution in [0.3, 0.4) is 0 Å². The second-order valence-corrected chi connectivity index (χ2v) is 10.2. The summed E-state index contributed by atoms with van der Waals surface area (Å²) in [5, 5.41) is 4.27. The summed E-state index contributed by atoms with van der Waals surface area (Å²) in [5.74, 6) is 0. The molecule has 1 fully saturated rings. The molecule has 0 radical (unpaired) electrons. The van der Waals surface area contributed by atoms with Crippen molar-refractivity contribution in [3.63, 3.8) is 0 Å². The first kappa shape index (κ1) is 18.1. The first-order chi connectivity index (χ1) is 13.6. The van der Waals surface area contributed by atoms with E-state index in [4.69, 9.17) is 0 Å². The van der Waals surface area contributed by atoms with Crippen molar-refractivity contribution in [3.05, 3.63) is 88.1 Å². The number of thiophene rings is 1. The van der Waals surface area contributed by atoms with E-state index in [9.17, 15) is 8.42 Å². The van der Waals surface area contributed by atoms with E-state index in [1.165, 1.54) is 5.56 Å². The number of hydrogen-bond donors (Lipinski definition) is 0. The largest absolute Gasteiger partial charge is 0.297 e. The van der Waals surface area contributed by atoms with Gasteiger partial charge in [0.25, 0.3) is 0 Å².